The van der Waals surface area contributed by atoms with Gasteiger partial charge in [0.1, 0.15) is 5.76 Å². The summed E-state index contributed by atoms with van der Waals surface area (Å²) in [6.07, 6.45) is 10.2. The van der Waals surface area contributed by atoms with Crippen LogP contribution in [0.4, 0.5) is 5.95 Å². The summed E-state index contributed by atoms with van der Waals surface area (Å²) < 4.78 is 5.37. The molecule has 3 heterocycles. The molecule has 0 aliphatic carbocycles. The summed E-state index contributed by atoms with van der Waals surface area (Å²) in [4.78, 5) is 11.8. The third-order valence-electron chi connectivity index (χ3n) is 4.77. The van der Waals surface area contributed by atoms with Crippen molar-refractivity contribution in [2.24, 2.45) is 0 Å². The summed E-state index contributed by atoms with van der Waals surface area (Å²) >= 11 is 0. The van der Waals surface area contributed by atoms with E-state index in [1.165, 1.54) is 32.1 Å². The number of furan rings is 1. The molecule has 5 nitrogen and oxygen atoms in total. The van der Waals surface area contributed by atoms with Crippen LogP contribution in [0.1, 0.15) is 62.1 Å². The van der Waals surface area contributed by atoms with Gasteiger partial charge in [-0.1, -0.05) is 19.3 Å². The molecule has 0 amide bonds. The molecule has 0 bridgehead atoms. The van der Waals surface area contributed by atoms with Gasteiger partial charge in [0.25, 0.3) is 0 Å². The fourth-order valence-electron chi connectivity index (χ4n) is 3.27. The third-order valence-corrected chi connectivity index (χ3v) is 4.77. The molecule has 24 heavy (non-hydrogen) atoms. The molecule has 0 radical (unpaired) electrons. The zero-order valence-corrected chi connectivity index (χ0v) is 14.8. The molecule has 2 aromatic heterocycles. The molecule has 0 unspecified atom stereocenters. The SMILES string of the molecule is Cc1nc(N2CCCCCCC2)ncc1[C@H](C)NCc1ccco1. The lowest BCUT2D eigenvalue weighted by Crippen LogP contribution is -2.29. The van der Waals surface area contributed by atoms with Crippen molar-refractivity contribution in [3.63, 3.8) is 0 Å². The Balaban J connectivity index is 1.64. The highest BCUT2D eigenvalue weighted by Gasteiger charge is 2.15. The van der Waals surface area contributed by atoms with E-state index in [1.807, 2.05) is 18.3 Å². The Hall–Kier alpha value is -1.88. The highest BCUT2D eigenvalue weighted by molar-refractivity contribution is 5.34. The Kier molecular flexibility index (Phi) is 5.86. The minimum atomic E-state index is 0.191. The van der Waals surface area contributed by atoms with E-state index >= 15 is 0 Å². The summed E-state index contributed by atoms with van der Waals surface area (Å²) in [5.41, 5.74) is 2.21. The van der Waals surface area contributed by atoms with Gasteiger partial charge in [0.05, 0.1) is 12.8 Å². The molecule has 1 aliphatic rings. The summed E-state index contributed by atoms with van der Waals surface area (Å²) in [7, 11) is 0. The van der Waals surface area contributed by atoms with Crippen LogP contribution in [-0.2, 0) is 6.54 Å². The third kappa shape index (κ3) is 4.35. The lowest BCUT2D eigenvalue weighted by Gasteiger charge is -2.25. The van der Waals surface area contributed by atoms with E-state index < -0.39 is 0 Å². The van der Waals surface area contributed by atoms with Gasteiger partial charge in [0.2, 0.25) is 5.95 Å². The second kappa shape index (κ2) is 8.29. The first-order valence-electron chi connectivity index (χ1n) is 9.08. The van der Waals surface area contributed by atoms with Crippen LogP contribution in [0, 0.1) is 6.92 Å². The van der Waals surface area contributed by atoms with Crippen LogP contribution >= 0.6 is 0 Å². The number of hydrogen-bond acceptors (Lipinski definition) is 5. The van der Waals surface area contributed by atoms with E-state index in [4.69, 9.17) is 9.40 Å². The van der Waals surface area contributed by atoms with Crippen LogP contribution in [0.5, 0.6) is 0 Å². The molecule has 0 aromatic carbocycles. The monoisotopic (exact) mass is 328 g/mol. The van der Waals surface area contributed by atoms with Crippen molar-refractivity contribution in [2.75, 3.05) is 18.0 Å². The predicted molar refractivity (Wildman–Crippen MR) is 96.0 cm³/mol. The molecule has 5 heteroatoms. The maximum absolute atomic E-state index is 5.37. The maximum atomic E-state index is 5.37. The van der Waals surface area contributed by atoms with Gasteiger partial charge < -0.3 is 14.6 Å². The Morgan fingerprint density at radius 3 is 2.62 bits per heavy atom. The van der Waals surface area contributed by atoms with Gasteiger partial charge in [-0.25, -0.2) is 9.97 Å². The van der Waals surface area contributed by atoms with E-state index in [2.05, 4.69) is 29.0 Å². The molecule has 0 spiro atoms. The van der Waals surface area contributed by atoms with E-state index in [1.54, 1.807) is 6.26 Å². The Morgan fingerprint density at radius 2 is 1.96 bits per heavy atom. The lowest BCUT2D eigenvalue weighted by atomic mass is 10.1. The highest BCUT2D eigenvalue weighted by atomic mass is 16.3. The average molecular weight is 328 g/mol. The number of aryl methyl sites for hydroxylation is 1. The Labute approximate surface area is 144 Å². The van der Waals surface area contributed by atoms with Gasteiger partial charge in [-0.3, -0.25) is 0 Å². The smallest absolute Gasteiger partial charge is 0.225 e. The van der Waals surface area contributed by atoms with E-state index in [-0.39, 0.29) is 6.04 Å². The van der Waals surface area contributed by atoms with E-state index in [9.17, 15) is 0 Å². The average Bonchev–Trinajstić information content (AvgIpc) is 3.05. The predicted octanol–water partition coefficient (Wildman–Crippen LogP) is 4.00. The zero-order valence-electron chi connectivity index (χ0n) is 14.8. The van der Waals surface area contributed by atoms with E-state index in [0.29, 0.717) is 6.54 Å². The second-order valence-corrected chi connectivity index (χ2v) is 6.65. The van der Waals surface area contributed by atoms with Gasteiger partial charge in [-0.05, 0) is 38.8 Å². The fourth-order valence-corrected chi connectivity index (χ4v) is 3.27. The van der Waals surface area contributed by atoms with Crippen LogP contribution < -0.4 is 10.2 Å². The quantitative estimate of drug-likeness (QED) is 0.899. The zero-order chi connectivity index (χ0) is 16.8. The summed E-state index contributed by atoms with van der Waals surface area (Å²) in [6.45, 7) is 7.08. The molecule has 1 atom stereocenters. The molecule has 1 aliphatic heterocycles. The molecule has 1 saturated heterocycles. The standard InChI is InChI=1S/C19H28N4O/c1-15(20-13-17-9-8-12-24-17)18-14-21-19(22-16(18)2)23-10-6-4-3-5-7-11-23/h8-9,12,14-15,20H,3-7,10-11,13H2,1-2H3/t15-/m0/s1. The molecule has 3 rings (SSSR count). The topological polar surface area (TPSA) is 54.2 Å². The number of aromatic nitrogens is 2. The maximum Gasteiger partial charge on any atom is 0.225 e. The van der Waals surface area contributed by atoms with Crippen molar-refractivity contribution < 1.29 is 4.42 Å². The number of anilines is 1. The lowest BCUT2D eigenvalue weighted by molar-refractivity contribution is 0.459. The summed E-state index contributed by atoms with van der Waals surface area (Å²) in [5, 5.41) is 3.47. The van der Waals surface area contributed by atoms with Crippen molar-refractivity contribution in [3.8, 4) is 0 Å². The van der Waals surface area contributed by atoms with Crippen LogP contribution in [0.3, 0.4) is 0 Å². The fraction of sp³-hybridized carbons (Fsp3) is 0.579. The minimum absolute atomic E-state index is 0.191. The van der Waals surface area contributed by atoms with Crippen molar-refractivity contribution >= 4 is 5.95 Å². The first kappa shape index (κ1) is 17.0. The normalized spacial score (nSPS) is 17.3. The molecular weight excluding hydrogens is 300 g/mol. The van der Waals surface area contributed by atoms with Crippen LogP contribution in [-0.4, -0.2) is 23.1 Å². The van der Waals surface area contributed by atoms with E-state index in [0.717, 1.165) is 36.1 Å². The summed E-state index contributed by atoms with van der Waals surface area (Å²) in [6, 6.07) is 4.08. The molecule has 0 saturated carbocycles. The minimum Gasteiger partial charge on any atom is -0.468 e. The van der Waals surface area contributed by atoms with Crippen LogP contribution in [0.15, 0.2) is 29.0 Å². The van der Waals surface area contributed by atoms with Crippen molar-refractivity contribution in [1.82, 2.24) is 15.3 Å². The van der Waals surface area contributed by atoms with Crippen LogP contribution in [0.2, 0.25) is 0 Å². The number of nitrogens with one attached hydrogen (secondary N) is 1. The molecule has 1 fully saturated rings. The van der Waals surface area contributed by atoms with Gasteiger partial charge >= 0.3 is 0 Å². The first-order chi connectivity index (χ1) is 11.7. The van der Waals surface area contributed by atoms with Gasteiger partial charge in [0.15, 0.2) is 0 Å². The Bertz CT molecular complexity index is 618. The number of hydrogen-bond donors (Lipinski definition) is 1. The van der Waals surface area contributed by atoms with Crippen molar-refractivity contribution in [3.05, 3.63) is 41.6 Å². The molecule has 1 N–H and O–H groups in total. The molecule has 130 valence electrons. The largest absolute Gasteiger partial charge is 0.468 e. The van der Waals surface area contributed by atoms with Gasteiger partial charge in [-0.15, -0.1) is 0 Å². The molecular formula is C19H28N4O. The number of rotatable bonds is 5. The second-order valence-electron chi connectivity index (χ2n) is 6.65. The van der Waals surface area contributed by atoms with Gasteiger partial charge in [0, 0.05) is 36.6 Å². The Morgan fingerprint density at radius 1 is 1.21 bits per heavy atom. The van der Waals surface area contributed by atoms with Crippen molar-refractivity contribution in [1.29, 1.82) is 0 Å². The number of nitrogens with zero attached hydrogens (tertiary/aromatic N) is 3. The summed E-state index contributed by atoms with van der Waals surface area (Å²) in [5.74, 6) is 1.83. The van der Waals surface area contributed by atoms with Crippen molar-refractivity contribution in [2.45, 2.75) is 58.5 Å². The highest BCUT2D eigenvalue weighted by Crippen LogP contribution is 2.20. The molecule has 2 aromatic rings. The first-order valence-corrected chi connectivity index (χ1v) is 9.08. The van der Waals surface area contributed by atoms with Gasteiger partial charge in [-0.2, -0.15) is 0 Å². The van der Waals surface area contributed by atoms with Crippen LogP contribution in [0.25, 0.3) is 0 Å².